The number of halogens is 13. The first-order valence-electron chi connectivity index (χ1n) is 47.3. The fraction of sp³-hybridized carbons (Fsp3) is 0.475. The van der Waals surface area contributed by atoms with Crippen LogP contribution >= 0.6 is 0 Å². The first kappa shape index (κ1) is 133. The molecule has 0 fully saturated rings. The molecule has 0 aromatic heterocycles. The zero-order valence-electron chi connectivity index (χ0n) is 92.5. The fourth-order valence-corrected chi connectivity index (χ4v) is 68.6. The summed E-state index contributed by atoms with van der Waals surface area (Å²) in [7, 11) is -20.4. The smallest absolute Gasteiger partial charge is 0.416 e. The molecule has 1 aliphatic rings. The molecule has 0 heterocycles. The highest BCUT2D eigenvalue weighted by atomic mass is 28.5. The number of fused-ring (bicyclic) bond motifs is 2. The molecule has 0 amide bonds. The van der Waals surface area contributed by atoms with Gasteiger partial charge >= 0.3 is 93.2 Å². The molecule has 0 saturated heterocycles. The van der Waals surface area contributed by atoms with E-state index in [2.05, 4.69) is 234 Å². The van der Waals surface area contributed by atoms with Gasteiger partial charge in [-0.25, -0.2) is 4.39 Å². The molecule has 144 heavy (non-hydrogen) atoms. The lowest BCUT2D eigenvalue weighted by Gasteiger charge is -2.33. The van der Waals surface area contributed by atoms with Crippen LogP contribution in [0.5, 0.6) is 0 Å². The summed E-state index contributed by atoms with van der Waals surface area (Å²) < 4.78 is 258. The Morgan fingerprint density at radius 1 is 0.208 bits per heavy atom. The Hall–Kier alpha value is -4.84. The lowest BCUT2D eigenvalue weighted by atomic mass is 9.89. The quantitative estimate of drug-likeness (QED) is 0.0291. The third-order valence-electron chi connectivity index (χ3n) is 23.3. The van der Waals surface area contributed by atoms with E-state index in [9.17, 15) is 57.1 Å². The van der Waals surface area contributed by atoms with E-state index in [-0.39, 0.29) is 17.1 Å². The van der Waals surface area contributed by atoms with E-state index in [1.165, 1.54) is 105 Å². The third-order valence-corrected chi connectivity index (χ3v) is 75.6. The van der Waals surface area contributed by atoms with Gasteiger partial charge in [-0.15, -0.1) is 0 Å². The summed E-state index contributed by atoms with van der Waals surface area (Å²) in [5, 5.41) is 9.11. The van der Waals surface area contributed by atoms with Gasteiger partial charge in [0.05, 0.1) is 22.3 Å². The van der Waals surface area contributed by atoms with Crippen LogP contribution in [0.3, 0.4) is 0 Å². The SMILES string of the molecule is CO[Si](C)(C)O[Si](C)(C)C.CO[Si](C)(C)O[Si](C)(C)c1cc(C(F)(F)F)cc(C(F)(F)F)c1.CO[Si](C)(C)O[Si](C)(C)c1ccc(-c2ccccc2)cc1.CO[Si](C)(C)O[Si](C)(C)c1ccc(C(F)(F)F)cc1.CO[Si](C)(C)O[Si](C)(C)c1ccc(F)cc1.CO[Si](C)(C)O[Si](C)(C)c1ccc2c(c1)CC2.CO[Si](C)(C)O[Si](C)(C)c1cccc(C(F)(F)F)c1.CO[Si](C)(C)O[Si](C)(C)c1cccc2ccccc12. The Bertz CT molecular complexity index is 5400. The molecule has 16 nitrogen and oxygen atoms in total. The number of alkyl halides is 12. The van der Waals surface area contributed by atoms with Crippen LogP contribution in [0.1, 0.15) is 33.4 Å². The van der Waals surface area contributed by atoms with E-state index >= 15 is 0 Å². The van der Waals surface area contributed by atoms with Gasteiger partial charge in [0, 0.05) is 56.9 Å². The van der Waals surface area contributed by atoms with Crippen LogP contribution in [-0.2, 0) is 106 Å². The molecule has 45 heteroatoms. The Morgan fingerprint density at radius 3 is 0.806 bits per heavy atom. The van der Waals surface area contributed by atoms with Crippen LogP contribution in [0.2, 0.25) is 216 Å². The van der Waals surface area contributed by atoms with Crippen molar-refractivity contribution in [1.29, 1.82) is 0 Å². The van der Waals surface area contributed by atoms with Crippen molar-refractivity contribution >= 4 is 182 Å². The molecule has 0 unspecified atom stereocenters. The van der Waals surface area contributed by atoms with E-state index in [4.69, 9.17) is 68.3 Å². The molecule has 9 aromatic carbocycles. The van der Waals surface area contributed by atoms with Gasteiger partial charge in [-0.3, -0.25) is 0 Å². The predicted molar refractivity (Wildman–Crippen MR) is 603 cm³/mol. The number of rotatable bonds is 32. The number of benzene rings is 9. The van der Waals surface area contributed by atoms with Crippen molar-refractivity contribution in [3.63, 3.8) is 0 Å². The van der Waals surface area contributed by atoms with Crippen molar-refractivity contribution in [2.75, 3.05) is 56.9 Å². The average molecular weight is 2300 g/mol. The highest BCUT2D eigenvalue weighted by Gasteiger charge is 2.46. The summed E-state index contributed by atoms with van der Waals surface area (Å²) in [6.07, 6.45) is -15.9. The van der Waals surface area contributed by atoms with E-state index in [0.29, 0.717) is 5.19 Å². The van der Waals surface area contributed by atoms with Crippen molar-refractivity contribution in [3.05, 3.63) is 245 Å². The van der Waals surface area contributed by atoms with Crippen LogP contribution in [-0.4, -0.2) is 192 Å². The first-order chi connectivity index (χ1) is 65.1. The second-order valence-electron chi connectivity index (χ2n) is 42.7. The second kappa shape index (κ2) is 53.1. The van der Waals surface area contributed by atoms with Crippen LogP contribution in [0.15, 0.2) is 206 Å². The van der Waals surface area contributed by atoms with Crippen LogP contribution < -0.4 is 36.3 Å². The summed E-state index contributed by atoms with van der Waals surface area (Å²) in [6.45, 7) is 66.8. The van der Waals surface area contributed by atoms with E-state index in [1.807, 2.05) is 83.7 Å². The molecule has 808 valence electrons. The largest absolute Gasteiger partial charge is 0.436 e. The highest BCUT2D eigenvalue weighted by Crippen LogP contribution is 2.38. The van der Waals surface area contributed by atoms with Crippen molar-refractivity contribution < 1.29 is 125 Å². The molecular formula is C99H161F13O16Si16. The topological polar surface area (TPSA) is 148 Å². The lowest BCUT2D eigenvalue weighted by Crippen LogP contribution is -2.53. The minimum atomic E-state index is -4.87. The van der Waals surface area contributed by atoms with Crippen molar-refractivity contribution in [1.82, 2.24) is 0 Å². The minimum absolute atomic E-state index is 0.0720. The molecule has 1 aliphatic carbocycles. The van der Waals surface area contributed by atoms with Gasteiger partial charge in [-0.1, -0.05) is 170 Å². The molecular weight excluding hydrogens is 2140 g/mol. The minimum Gasteiger partial charge on any atom is -0.436 e. The van der Waals surface area contributed by atoms with Gasteiger partial charge in [-0.2, -0.15) is 52.7 Å². The third kappa shape index (κ3) is 45.6. The summed E-state index contributed by atoms with van der Waals surface area (Å²) >= 11 is 0. The van der Waals surface area contributed by atoms with Gasteiger partial charge in [0.2, 0.25) is 58.2 Å². The molecule has 0 radical (unpaired) electrons. The molecule has 9 aromatic rings. The van der Waals surface area contributed by atoms with Crippen LogP contribution in [0.4, 0.5) is 57.1 Å². The van der Waals surface area contributed by atoms with Gasteiger partial charge in [-0.05, 0) is 335 Å². The van der Waals surface area contributed by atoms with E-state index in [1.54, 1.807) is 82.0 Å². The molecule has 0 saturated carbocycles. The van der Waals surface area contributed by atoms with Crippen molar-refractivity contribution in [2.45, 2.75) is 254 Å². The zero-order chi connectivity index (χ0) is 111. The standard InChI is InChI=1S/C17H24O2Si2.C15H22O2Si2.C13H18F6O2Si2.C13H22O2Si2.2C12H19F3O2Si2.C11H19FO2Si2.C6H18O2Si2/c1-18-21(4,5)19-20(2,3)17-13-11-16(12-14-17)15-9-7-6-8-10-15;1-16-19(4,5)17-18(2,3)15-12-8-10-13-9-6-7-11-14(13)15;1-20-23(4,5)21-22(2,3)11-7-9(12(14,15)16)6-10(8-11)13(17,18)19;1-14-17(4,5)15-16(2,3)13-9-8-11-6-7-12(11)10-13;1-16-19(4,5)17-18(2,3)11-8-6-10(7-9-11)12(13,14)15;1-16-19(4,5)17-18(2,3)11-8-6-7-10(9-11)12(13,14)15;1-13-16(4,5)14-15(2,3)11-8-6-10(12)7-9-11;1-7-10(5,6)8-9(2,3)4/h6-14H,1-5H3;6-12H,1-5H3;6-8H,1-5H3;8-10H,6-7H2,1-5H3;2*6-9H,1-5H3;6-9H,1-5H3;1-6H3. The maximum absolute atomic E-state index is 12.9. The Kier molecular flexibility index (Phi) is 49.2. The number of aryl methyl sites for hydroxylation is 2. The molecule has 0 spiro atoms. The Balaban J connectivity index is 0.000000426. The molecule has 0 aliphatic heterocycles. The fourth-order valence-electron chi connectivity index (χ4n) is 15.1. The molecule has 0 bridgehead atoms. The Morgan fingerprint density at radius 2 is 0.479 bits per heavy atom. The highest BCUT2D eigenvalue weighted by molar-refractivity contribution is 6.95. The number of hydrogen-bond donors (Lipinski definition) is 0. The summed E-state index contributed by atoms with van der Waals surface area (Å²) in [4.78, 5) is 0. The van der Waals surface area contributed by atoms with E-state index < -0.39 is 182 Å². The van der Waals surface area contributed by atoms with Gasteiger partial charge < -0.3 is 68.3 Å². The van der Waals surface area contributed by atoms with Gasteiger partial charge in [0.1, 0.15) is 5.82 Å². The van der Waals surface area contributed by atoms with Crippen LogP contribution in [0, 0.1) is 5.82 Å². The van der Waals surface area contributed by atoms with E-state index in [0.717, 1.165) is 40.7 Å². The first-order valence-corrected chi connectivity index (χ1v) is 93.6. The Labute approximate surface area is 868 Å². The normalized spacial score (nSPS) is 13.6. The predicted octanol–water partition coefficient (Wildman–Crippen LogP) is 26.6. The van der Waals surface area contributed by atoms with Crippen molar-refractivity contribution in [2.24, 2.45) is 0 Å². The second-order valence-corrected chi connectivity index (χ2v) is 104. The molecule has 0 atom stereocenters. The maximum atomic E-state index is 12.9. The maximum Gasteiger partial charge on any atom is 0.416 e. The van der Waals surface area contributed by atoms with Gasteiger partial charge in [0.15, 0.2) is 8.32 Å². The molecule has 10 rings (SSSR count). The number of hydrogen-bond acceptors (Lipinski definition) is 16. The average Bonchev–Trinajstić information content (AvgIpc) is 0.758. The van der Waals surface area contributed by atoms with Crippen molar-refractivity contribution in [3.8, 4) is 11.1 Å². The van der Waals surface area contributed by atoms with Crippen LogP contribution in [0.25, 0.3) is 21.9 Å². The zero-order valence-corrected chi connectivity index (χ0v) is 108. The summed E-state index contributed by atoms with van der Waals surface area (Å²) in [5.41, 5.74) is 1.59. The summed E-state index contributed by atoms with van der Waals surface area (Å²) in [6, 6.07) is 59.9. The monoisotopic (exact) mass is 2300 g/mol. The molecule has 0 N–H and O–H groups in total. The van der Waals surface area contributed by atoms with Gasteiger partial charge in [0.25, 0.3) is 0 Å². The summed E-state index contributed by atoms with van der Waals surface area (Å²) in [5.74, 6) is -0.211. The lowest BCUT2D eigenvalue weighted by molar-refractivity contribution is -0.143.